The highest BCUT2D eigenvalue weighted by Crippen LogP contribution is 2.25. The van der Waals surface area contributed by atoms with Gasteiger partial charge in [-0.25, -0.2) is 18.2 Å². The third-order valence-electron chi connectivity index (χ3n) is 4.55. The highest BCUT2D eigenvalue weighted by molar-refractivity contribution is 5.62. The lowest BCUT2D eigenvalue weighted by Gasteiger charge is -2.17. The molecule has 2 N–H and O–H groups in total. The molecule has 0 atom stereocenters. The summed E-state index contributed by atoms with van der Waals surface area (Å²) in [4.78, 5) is 10.7. The third kappa shape index (κ3) is 3.85. The standard InChI is InChI=1S/C20H18F3N5/c21-15-7-8-16(19(23)18(15)22)26-17-9-10-24-20(27-17)25-13-3-5-14(6-4-13)28-11-1-2-12-28/h3-10H,1-2,11-12H2,(H2,24,25,26,27). The van der Waals surface area contributed by atoms with Gasteiger partial charge in [0, 0.05) is 30.7 Å². The lowest BCUT2D eigenvalue weighted by Crippen LogP contribution is -2.17. The second-order valence-electron chi connectivity index (χ2n) is 6.48. The van der Waals surface area contributed by atoms with Gasteiger partial charge in [0.25, 0.3) is 0 Å². The van der Waals surface area contributed by atoms with Gasteiger partial charge in [-0.1, -0.05) is 0 Å². The quantitative estimate of drug-likeness (QED) is 0.607. The van der Waals surface area contributed by atoms with Crippen LogP contribution >= 0.6 is 0 Å². The molecule has 0 unspecified atom stereocenters. The van der Waals surface area contributed by atoms with Crippen molar-refractivity contribution in [2.75, 3.05) is 28.6 Å². The van der Waals surface area contributed by atoms with Crippen molar-refractivity contribution >= 4 is 28.8 Å². The Hall–Kier alpha value is -3.29. The maximum atomic E-state index is 13.8. The van der Waals surface area contributed by atoms with Crippen LogP contribution in [-0.2, 0) is 0 Å². The summed E-state index contributed by atoms with van der Waals surface area (Å²) < 4.78 is 40.2. The summed E-state index contributed by atoms with van der Waals surface area (Å²) in [5, 5.41) is 5.71. The first kappa shape index (κ1) is 18.1. The molecule has 0 radical (unpaired) electrons. The number of nitrogens with zero attached hydrogens (tertiary/aromatic N) is 3. The van der Waals surface area contributed by atoms with E-state index in [1.54, 1.807) is 0 Å². The van der Waals surface area contributed by atoms with Crippen molar-refractivity contribution in [3.05, 3.63) is 66.1 Å². The zero-order valence-corrected chi connectivity index (χ0v) is 14.9. The summed E-state index contributed by atoms with van der Waals surface area (Å²) in [5.41, 5.74) is 1.77. The van der Waals surface area contributed by atoms with E-state index < -0.39 is 17.5 Å². The molecule has 1 aromatic heterocycles. The topological polar surface area (TPSA) is 53.1 Å². The van der Waals surface area contributed by atoms with Gasteiger partial charge in [0.2, 0.25) is 5.95 Å². The van der Waals surface area contributed by atoms with Crippen molar-refractivity contribution in [2.45, 2.75) is 12.8 Å². The van der Waals surface area contributed by atoms with Gasteiger partial charge < -0.3 is 15.5 Å². The average Bonchev–Trinajstić information content (AvgIpc) is 3.24. The van der Waals surface area contributed by atoms with E-state index in [2.05, 4.69) is 25.5 Å². The van der Waals surface area contributed by atoms with Crippen molar-refractivity contribution in [1.82, 2.24) is 9.97 Å². The fourth-order valence-corrected chi connectivity index (χ4v) is 3.11. The molecule has 144 valence electrons. The first-order valence-corrected chi connectivity index (χ1v) is 8.96. The van der Waals surface area contributed by atoms with Crippen LogP contribution in [0, 0.1) is 17.5 Å². The molecule has 2 heterocycles. The molecule has 0 bridgehead atoms. The van der Waals surface area contributed by atoms with E-state index in [0.29, 0.717) is 5.95 Å². The van der Waals surface area contributed by atoms with Crippen LogP contribution in [-0.4, -0.2) is 23.1 Å². The lowest BCUT2D eigenvalue weighted by molar-refractivity contribution is 0.449. The van der Waals surface area contributed by atoms with Gasteiger partial charge in [0.1, 0.15) is 5.82 Å². The van der Waals surface area contributed by atoms with Gasteiger partial charge in [-0.05, 0) is 55.3 Å². The second kappa shape index (κ2) is 7.75. The van der Waals surface area contributed by atoms with Crippen LogP contribution in [0.2, 0.25) is 0 Å². The molecule has 1 fully saturated rings. The van der Waals surface area contributed by atoms with Crippen LogP contribution in [0.4, 0.5) is 42.0 Å². The van der Waals surface area contributed by atoms with Gasteiger partial charge >= 0.3 is 0 Å². The molecule has 0 amide bonds. The Morgan fingerprint density at radius 3 is 2.32 bits per heavy atom. The number of aromatic nitrogens is 2. The Balaban J connectivity index is 1.47. The molecule has 28 heavy (non-hydrogen) atoms. The molecule has 4 rings (SSSR count). The fraction of sp³-hybridized carbons (Fsp3) is 0.200. The highest BCUT2D eigenvalue weighted by atomic mass is 19.2. The van der Waals surface area contributed by atoms with Crippen LogP contribution in [0.5, 0.6) is 0 Å². The first-order chi connectivity index (χ1) is 13.6. The summed E-state index contributed by atoms with van der Waals surface area (Å²) in [6.07, 6.45) is 3.91. The normalized spacial score (nSPS) is 13.6. The molecule has 1 aliphatic heterocycles. The van der Waals surface area contributed by atoms with E-state index in [-0.39, 0.29) is 11.5 Å². The van der Waals surface area contributed by atoms with Crippen LogP contribution in [0.3, 0.4) is 0 Å². The maximum absolute atomic E-state index is 13.8. The van der Waals surface area contributed by atoms with Crippen LogP contribution in [0.25, 0.3) is 0 Å². The number of nitrogens with one attached hydrogen (secondary N) is 2. The van der Waals surface area contributed by atoms with E-state index in [4.69, 9.17) is 0 Å². The van der Waals surface area contributed by atoms with Crippen molar-refractivity contribution in [2.24, 2.45) is 0 Å². The van der Waals surface area contributed by atoms with E-state index in [9.17, 15) is 13.2 Å². The van der Waals surface area contributed by atoms with Gasteiger partial charge in [-0.2, -0.15) is 4.98 Å². The summed E-state index contributed by atoms with van der Waals surface area (Å²) in [6, 6.07) is 11.4. The largest absolute Gasteiger partial charge is 0.372 e. The predicted octanol–water partition coefficient (Wildman–Crippen LogP) is 4.98. The number of anilines is 5. The highest BCUT2D eigenvalue weighted by Gasteiger charge is 2.14. The van der Waals surface area contributed by atoms with Gasteiger partial charge in [-0.15, -0.1) is 0 Å². The van der Waals surface area contributed by atoms with Crippen LogP contribution < -0.4 is 15.5 Å². The van der Waals surface area contributed by atoms with E-state index >= 15 is 0 Å². The molecule has 8 heteroatoms. The number of hydrogen-bond acceptors (Lipinski definition) is 5. The second-order valence-corrected chi connectivity index (χ2v) is 6.48. The SMILES string of the molecule is Fc1ccc(Nc2ccnc(Nc3ccc(N4CCCC4)cc3)n2)c(F)c1F. The van der Waals surface area contributed by atoms with E-state index in [1.807, 2.05) is 24.3 Å². The van der Waals surface area contributed by atoms with Gasteiger partial charge in [0.15, 0.2) is 17.5 Å². The van der Waals surface area contributed by atoms with Crippen LogP contribution in [0.1, 0.15) is 12.8 Å². The van der Waals surface area contributed by atoms with E-state index in [1.165, 1.54) is 30.8 Å². The summed E-state index contributed by atoms with van der Waals surface area (Å²) >= 11 is 0. The van der Waals surface area contributed by atoms with Crippen molar-refractivity contribution in [3.63, 3.8) is 0 Å². The molecular formula is C20H18F3N5. The number of benzene rings is 2. The Morgan fingerprint density at radius 2 is 1.57 bits per heavy atom. The molecule has 3 aromatic rings. The van der Waals surface area contributed by atoms with E-state index in [0.717, 1.165) is 30.9 Å². The molecule has 5 nitrogen and oxygen atoms in total. The Kier molecular flexibility index (Phi) is 5.01. The third-order valence-corrected chi connectivity index (χ3v) is 4.55. The molecule has 0 spiro atoms. The minimum atomic E-state index is -1.53. The number of halogens is 3. The maximum Gasteiger partial charge on any atom is 0.229 e. The summed E-state index contributed by atoms with van der Waals surface area (Å²) in [6.45, 7) is 2.15. The number of rotatable bonds is 5. The summed E-state index contributed by atoms with van der Waals surface area (Å²) in [5.74, 6) is -3.54. The van der Waals surface area contributed by atoms with Crippen molar-refractivity contribution in [1.29, 1.82) is 0 Å². The predicted molar refractivity (Wildman–Crippen MR) is 103 cm³/mol. The Bertz CT molecular complexity index is 972. The molecule has 2 aromatic carbocycles. The Morgan fingerprint density at radius 1 is 0.821 bits per heavy atom. The fourth-order valence-electron chi connectivity index (χ4n) is 3.11. The minimum Gasteiger partial charge on any atom is -0.372 e. The summed E-state index contributed by atoms with van der Waals surface area (Å²) in [7, 11) is 0. The molecule has 1 saturated heterocycles. The minimum absolute atomic E-state index is 0.210. The monoisotopic (exact) mass is 385 g/mol. The number of hydrogen-bond donors (Lipinski definition) is 2. The Labute approximate surface area is 160 Å². The lowest BCUT2D eigenvalue weighted by atomic mass is 10.2. The molecular weight excluding hydrogens is 367 g/mol. The van der Waals surface area contributed by atoms with Crippen molar-refractivity contribution < 1.29 is 13.2 Å². The zero-order chi connectivity index (χ0) is 19.5. The molecule has 1 aliphatic rings. The first-order valence-electron chi connectivity index (χ1n) is 8.96. The molecule has 0 saturated carbocycles. The average molecular weight is 385 g/mol. The van der Waals surface area contributed by atoms with Crippen LogP contribution in [0.15, 0.2) is 48.7 Å². The van der Waals surface area contributed by atoms with Crippen molar-refractivity contribution in [3.8, 4) is 0 Å². The van der Waals surface area contributed by atoms with Gasteiger partial charge in [-0.3, -0.25) is 0 Å². The smallest absolute Gasteiger partial charge is 0.229 e. The molecule has 0 aliphatic carbocycles. The zero-order valence-electron chi connectivity index (χ0n) is 14.9. The van der Waals surface area contributed by atoms with Gasteiger partial charge in [0.05, 0.1) is 5.69 Å².